The van der Waals surface area contributed by atoms with Crippen LogP contribution in [0.5, 0.6) is 0 Å². The highest BCUT2D eigenvalue weighted by atomic mass is 35.5. The van der Waals surface area contributed by atoms with Gasteiger partial charge in [0.25, 0.3) is 11.1 Å². The molecule has 9 aromatic rings. The van der Waals surface area contributed by atoms with E-state index in [-0.39, 0.29) is 21.4 Å². The molecule has 50 heavy (non-hydrogen) atoms. The number of aromatic nitrogens is 4. The molecular weight excluding hydrogens is 663 g/mol. The van der Waals surface area contributed by atoms with Crippen LogP contribution in [0, 0.1) is 0 Å². The predicted molar refractivity (Wildman–Crippen MR) is 204 cm³/mol. The van der Waals surface area contributed by atoms with Crippen molar-refractivity contribution in [3.05, 3.63) is 177 Å². The van der Waals surface area contributed by atoms with E-state index in [2.05, 4.69) is 22.1 Å². The number of fused-ring (bicyclic) bond motifs is 6. The standard InChI is InChI=1S/C42H24Cl2N4O2/c43-38-18-16-32-31-13-7-8-14-36(31)48(42(50)40(32)46-38)30-20-27(25-9-3-1-4-10-25)19-28(21-30)26-15-17-37-33(22-26)35-24-45-39(44)23-34(35)41(49)47(37)29-11-5-2-6-12-29/h1-24H. The third-order valence-electron chi connectivity index (χ3n) is 9.16. The van der Waals surface area contributed by atoms with Crippen LogP contribution in [-0.2, 0) is 0 Å². The maximum absolute atomic E-state index is 14.3. The first kappa shape index (κ1) is 30.0. The number of para-hydroxylation sites is 2. The van der Waals surface area contributed by atoms with Crippen LogP contribution in [0.3, 0.4) is 0 Å². The zero-order chi connectivity index (χ0) is 33.9. The Bertz CT molecular complexity index is 2940. The maximum atomic E-state index is 14.3. The molecular formula is C42H24Cl2N4O2. The summed E-state index contributed by atoms with van der Waals surface area (Å²) in [5.74, 6) is 0. The molecule has 8 heteroatoms. The highest BCUT2D eigenvalue weighted by molar-refractivity contribution is 6.30. The van der Waals surface area contributed by atoms with Gasteiger partial charge in [0, 0.05) is 33.4 Å². The molecule has 0 aliphatic carbocycles. The van der Waals surface area contributed by atoms with Crippen LogP contribution in [0.2, 0.25) is 10.3 Å². The predicted octanol–water partition coefficient (Wildman–Crippen LogP) is 10.0. The molecule has 0 radical (unpaired) electrons. The molecule has 9 rings (SSSR count). The van der Waals surface area contributed by atoms with Gasteiger partial charge in [-0.15, -0.1) is 0 Å². The Kier molecular flexibility index (Phi) is 7.09. The Morgan fingerprint density at radius 1 is 0.440 bits per heavy atom. The molecule has 0 bridgehead atoms. The second-order valence-corrected chi connectivity index (χ2v) is 12.9. The molecule has 0 unspecified atom stereocenters. The van der Waals surface area contributed by atoms with Crippen LogP contribution in [-0.4, -0.2) is 19.1 Å². The monoisotopic (exact) mass is 686 g/mol. The van der Waals surface area contributed by atoms with Crippen molar-refractivity contribution in [2.45, 2.75) is 0 Å². The molecule has 0 atom stereocenters. The number of rotatable bonds is 4. The van der Waals surface area contributed by atoms with Gasteiger partial charge in [-0.2, -0.15) is 0 Å². The maximum Gasteiger partial charge on any atom is 0.282 e. The third kappa shape index (κ3) is 4.88. The Balaban J connectivity index is 1.36. The quantitative estimate of drug-likeness (QED) is 0.136. The second-order valence-electron chi connectivity index (χ2n) is 12.1. The molecule has 0 fully saturated rings. The Morgan fingerprint density at radius 3 is 1.92 bits per heavy atom. The fourth-order valence-electron chi connectivity index (χ4n) is 6.90. The SMILES string of the molecule is O=c1c2cc(Cl)ncc2c2cc(-c3cc(-c4ccccc4)cc(-n4c(=O)c5nc(Cl)ccc5c5ccccc54)c3)ccc2n1-c1ccccc1. The Morgan fingerprint density at radius 2 is 1.12 bits per heavy atom. The van der Waals surface area contributed by atoms with Crippen LogP contribution >= 0.6 is 23.2 Å². The zero-order valence-electron chi connectivity index (χ0n) is 26.2. The van der Waals surface area contributed by atoms with E-state index in [1.54, 1.807) is 27.5 Å². The van der Waals surface area contributed by atoms with Crippen LogP contribution in [0.4, 0.5) is 0 Å². The van der Waals surface area contributed by atoms with Crippen LogP contribution in [0.1, 0.15) is 0 Å². The number of hydrogen-bond donors (Lipinski definition) is 0. The summed E-state index contributed by atoms with van der Waals surface area (Å²) in [5.41, 5.74) is 6.47. The number of halogens is 2. The molecule has 0 amide bonds. The van der Waals surface area contributed by atoms with Crippen LogP contribution in [0.15, 0.2) is 155 Å². The zero-order valence-corrected chi connectivity index (χ0v) is 27.7. The summed E-state index contributed by atoms with van der Waals surface area (Å²) >= 11 is 12.6. The molecule has 238 valence electrons. The molecule has 0 spiro atoms. The van der Waals surface area contributed by atoms with Gasteiger partial charge >= 0.3 is 0 Å². The van der Waals surface area contributed by atoms with Gasteiger partial charge in [0.2, 0.25) is 0 Å². The molecule has 0 aliphatic rings. The molecule has 0 N–H and O–H groups in total. The normalized spacial score (nSPS) is 11.6. The third-order valence-corrected chi connectivity index (χ3v) is 9.58. The average Bonchev–Trinajstić information content (AvgIpc) is 3.15. The van der Waals surface area contributed by atoms with Gasteiger partial charge in [0.05, 0.1) is 22.1 Å². The summed E-state index contributed by atoms with van der Waals surface area (Å²) in [5, 5.41) is 4.13. The largest absolute Gasteiger partial charge is 0.282 e. The first-order valence-corrected chi connectivity index (χ1v) is 16.7. The lowest BCUT2D eigenvalue weighted by Crippen LogP contribution is -2.20. The van der Waals surface area contributed by atoms with Crippen molar-refractivity contribution < 1.29 is 0 Å². The molecule has 0 saturated heterocycles. The summed E-state index contributed by atoms with van der Waals surface area (Å²) in [6.45, 7) is 0. The number of pyridine rings is 4. The van der Waals surface area contributed by atoms with Gasteiger partial charge in [0.1, 0.15) is 15.8 Å². The molecule has 0 saturated carbocycles. The van der Waals surface area contributed by atoms with Gasteiger partial charge in [-0.05, 0) is 89.0 Å². The van der Waals surface area contributed by atoms with Crippen molar-refractivity contribution >= 4 is 66.7 Å². The van der Waals surface area contributed by atoms with Crippen molar-refractivity contribution in [2.24, 2.45) is 0 Å². The first-order valence-electron chi connectivity index (χ1n) is 16.0. The first-order chi connectivity index (χ1) is 24.4. The van der Waals surface area contributed by atoms with Crippen molar-refractivity contribution in [3.63, 3.8) is 0 Å². The van der Waals surface area contributed by atoms with E-state index in [0.29, 0.717) is 22.0 Å². The number of benzene rings is 5. The smallest absolute Gasteiger partial charge is 0.276 e. The van der Waals surface area contributed by atoms with E-state index >= 15 is 0 Å². The van der Waals surface area contributed by atoms with E-state index in [0.717, 1.165) is 55.1 Å². The van der Waals surface area contributed by atoms with E-state index in [9.17, 15) is 9.59 Å². The van der Waals surface area contributed by atoms with Crippen molar-refractivity contribution in [1.29, 1.82) is 0 Å². The minimum Gasteiger partial charge on any atom is -0.276 e. The lowest BCUT2D eigenvalue weighted by molar-refractivity contribution is 1.05. The summed E-state index contributed by atoms with van der Waals surface area (Å²) < 4.78 is 3.43. The average molecular weight is 688 g/mol. The van der Waals surface area contributed by atoms with Crippen LogP contribution < -0.4 is 11.1 Å². The summed E-state index contributed by atoms with van der Waals surface area (Å²) in [6.07, 6.45) is 1.66. The topological polar surface area (TPSA) is 69.8 Å². The van der Waals surface area contributed by atoms with E-state index in [4.69, 9.17) is 23.2 Å². The fourth-order valence-corrected chi connectivity index (χ4v) is 7.20. The van der Waals surface area contributed by atoms with Gasteiger partial charge in [-0.3, -0.25) is 18.7 Å². The van der Waals surface area contributed by atoms with E-state index in [1.165, 1.54) is 0 Å². The second kappa shape index (κ2) is 11.8. The Labute approximate surface area is 295 Å². The van der Waals surface area contributed by atoms with E-state index in [1.807, 2.05) is 115 Å². The highest BCUT2D eigenvalue weighted by Crippen LogP contribution is 2.35. The van der Waals surface area contributed by atoms with Crippen LogP contribution in [0.25, 0.3) is 77.1 Å². The summed E-state index contributed by atoms with van der Waals surface area (Å²) in [4.78, 5) is 37.1. The minimum atomic E-state index is -0.267. The molecule has 0 aliphatic heterocycles. The lowest BCUT2D eigenvalue weighted by Gasteiger charge is -2.17. The number of nitrogens with zero attached hydrogens (tertiary/aromatic N) is 4. The fraction of sp³-hybridized carbons (Fsp3) is 0. The molecule has 5 aromatic carbocycles. The minimum absolute atomic E-state index is 0.180. The number of hydrogen-bond acceptors (Lipinski definition) is 4. The Hall–Kier alpha value is -6.08. The van der Waals surface area contributed by atoms with Gasteiger partial charge < -0.3 is 0 Å². The van der Waals surface area contributed by atoms with E-state index < -0.39 is 0 Å². The highest BCUT2D eigenvalue weighted by Gasteiger charge is 2.18. The molecule has 4 aromatic heterocycles. The van der Waals surface area contributed by atoms with Crippen molar-refractivity contribution in [3.8, 4) is 33.6 Å². The lowest BCUT2D eigenvalue weighted by atomic mass is 9.96. The van der Waals surface area contributed by atoms with Gasteiger partial charge in [-0.25, -0.2) is 9.97 Å². The van der Waals surface area contributed by atoms with Gasteiger partial charge in [-0.1, -0.05) is 96.0 Å². The molecule has 6 nitrogen and oxygen atoms in total. The summed E-state index contributed by atoms with van der Waals surface area (Å²) in [7, 11) is 0. The summed E-state index contributed by atoms with van der Waals surface area (Å²) in [6, 6.07) is 44.8. The van der Waals surface area contributed by atoms with Crippen molar-refractivity contribution in [1.82, 2.24) is 19.1 Å². The molecule has 4 heterocycles. The van der Waals surface area contributed by atoms with Gasteiger partial charge in [0.15, 0.2) is 0 Å². The van der Waals surface area contributed by atoms with Crippen molar-refractivity contribution in [2.75, 3.05) is 0 Å².